The second kappa shape index (κ2) is 9.57. The Kier molecular flexibility index (Phi) is 6.74. The van der Waals surface area contributed by atoms with Crippen molar-refractivity contribution >= 4 is 11.7 Å². The molecule has 0 bridgehead atoms. The number of hydrogen-bond donors (Lipinski definition) is 0. The van der Waals surface area contributed by atoms with Crippen molar-refractivity contribution in [3.8, 4) is 0 Å². The molecule has 3 aromatic rings. The fourth-order valence-electron chi connectivity index (χ4n) is 4.51. The largest absolute Gasteiger partial charge is 0.353 e. The zero-order valence-corrected chi connectivity index (χ0v) is 21.4. The summed E-state index contributed by atoms with van der Waals surface area (Å²) in [5.41, 5.74) is 6.80. The van der Waals surface area contributed by atoms with Crippen LogP contribution in [0.3, 0.4) is 0 Å². The molecule has 0 radical (unpaired) electrons. The number of benzene rings is 2. The Balaban J connectivity index is 1.48. The Morgan fingerprint density at radius 1 is 0.853 bits per heavy atom. The molecule has 2 heterocycles. The van der Waals surface area contributed by atoms with Gasteiger partial charge in [-0.25, -0.2) is 9.97 Å². The first kappa shape index (κ1) is 23.9. The van der Waals surface area contributed by atoms with E-state index in [-0.39, 0.29) is 11.3 Å². The average Bonchev–Trinajstić information content (AvgIpc) is 2.81. The van der Waals surface area contributed by atoms with E-state index in [0.29, 0.717) is 13.1 Å². The summed E-state index contributed by atoms with van der Waals surface area (Å²) in [4.78, 5) is 26.9. The van der Waals surface area contributed by atoms with Crippen LogP contribution in [-0.2, 0) is 11.8 Å². The van der Waals surface area contributed by atoms with Crippen LogP contribution in [0.4, 0.5) is 5.82 Å². The van der Waals surface area contributed by atoms with E-state index in [9.17, 15) is 4.79 Å². The molecule has 1 fully saturated rings. The van der Waals surface area contributed by atoms with Gasteiger partial charge in [-0.3, -0.25) is 4.79 Å². The number of carbonyl (C=O) groups is 1. The summed E-state index contributed by atoms with van der Waals surface area (Å²) in [7, 11) is 0. The van der Waals surface area contributed by atoms with Crippen LogP contribution >= 0.6 is 0 Å². The highest BCUT2D eigenvalue weighted by molar-refractivity contribution is 5.94. The second-order valence-corrected chi connectivity index (χ2v) is 10.4. The normalized spacial score (nSPS) is 14.4. The minimum absolute atomic E-state index is 0.0806. The molecule has 0 unspecified atom stereocenters. The number of carbonyl (C=O) groups excluding carboxylic acids is 1. The van der Waals surface area contributed by atoms with Gasteiger partial charge < -0.3 is 9.80 Å². The van der Waals surface area contributed by atoms with E-state index in [4.69, 9.17) is 4.98 Å². The topological polar surface area (TPSA) is 49.3 Å². The van der Waals surface area contributed by atoms with Crippen LogP contribution in [0.15, 0.2) is 48.5 Å². The molecule has 0 N–H and O–H groups in total. The Hall–Kier alpha value is -3.21. The molecular formula is C29H36N4O. The summed E-state index contributed by atoms with van der Waals surface area (Å²) in [6.45, 7) is 15.6. The van der Waals surface area contributed by atoms with Crippen LogP contribution in [0.25, 0.3) is 0 Å². The fraction of sp³-hybridized carbons (Fsp3) is 0.414. The first-order valence-electron chi connectivity index (χ1n) is 12.2. The van der Waals surface area contributed by atoms with E-state index in [1.165, 1.54) is 22.3 Å². The minimum Gasteiger partial charge on any atom is -0.353 e. The number of aryl methyl sites for hydroxylation is 3. The first-order valence-corrected chi connectivity index (χ1v) is 12.2. The molecular weight excluding hydrogens is 420 g/mol. The lowest BCUT2D eigenvalue weighted by Gasteiger charge is -2.36. The molecule has 4 rings (SSSR count). The van der Waals surface area contributed by atoms with E-state index >= 15 is 0 Å². The van der Waals surface area contributed by atoms with Crippen molar-refractivity contribution in [2.45, 2.75) is 53.4 Å². The SMILES string of the molecule is Cc1ccc(Cc2c(C)nc(C)nc2N2CCN(C(=O)c3ccc(C(C)(C)C)cc3)CC2)cc1. The molecule has 1 aliphatic heterocycles. The average molecular weight is 457 g/mol. The van der Waals surface area contributed by atoms with E-state index < -0.39 is 0 Å². The molecule has 5 nitrogen and oxygen atoms in total. The third-order valence-electron chi connectivity index (χ3n) is 6.67. The lowest BCUT2D eigenvalue weighted by Crippen LogP contribution is -2.49. The Labute approximate surface area is 203 Å². The van der Waals surface area contributed by atoms with Gasteiger partial charge in [-0.15, -0.1) is 0 Å². The lowest BCUT2D eigenvalue weighted by atomic mass is 9.86. The summed E-state index contributed by atoms with van der Waals surface area (Å²) >= 11 is 0. The molecule has 1 aromatic heterocycles. The van der Waals surface area contributed by atoms with E-state index in [1.807, 2.05) is 24.0 Å². The molecule has 34 heavy (non-hydrogen) atoms. The standard InChI is InChI=1S/C29H36N4O/c1-20-7-9-23(10-8-20)19-26-21(2)30-22(3)31-27(26)32-15-17-33(18-16-32)28(34)24-11-13-25(14-12-24)29(4,5)6/h7-14H,15-19H2,1-6H3. The number of anilines is 1. The van der Waals surface area contributed by atoms with E-state index in [2.05, 4.69) is 80.9 Å². The lowest BCUT2D eigenvalue weighted by molar-refractivity contribution is 0.0746. The maximum Gasteiger partial charge on any atom is 0.253 e. The Bertz CT molecular complexity index is 1150. The monoisotopic (exact) mass is 456 g/mol. The highest BCUT2D eigenvalue weighted by Crippen LogP contribution is 2.26. The maximum absolute atomic E-state index is 13.1. The van der Waals surface area contributed by atoms with E-state index in [0.717, 1.165) is 42.4 Å². The number of hydrogen-bond acceptors (Lipinski definition) is 4. The van der Waals surface area contributed by atoms with Gasteiger partial charge in [0.1, 0.15) is 11.6 Å². The zero-order valence-electron chi connectivity index (χ0n) is 21.4. The maximum atomic E-state index is 13.1. The van der Waals surface area contributed by atoms with Crippen molar-refractivity contribution in [1.29, 1.82) is 0 Å². The summed E-state index contributed by atoms with van der Waals surface area (Å²) < 4.78 is 0. The summed E-state index contributed by atoms with van der Waals surface area (Å²) in [6, 6.07) is 16.7. The van der Waals surface area contributed by atoms with Crippen LogP contribution in [0.2, 0.25) is 0 Å². The molecule has 178 valence electrons. The highest BCUT2D eigenvalue weighted by Gasteiger charge is 2.26. The first-order chi connectivity index (χ1) is 16.1. The molecule has 1 aliphatic rings. The van der Waals surface area contributed by atoms with Crippen LogP contribution in [0.1, 0.15) is 64.9 Å². The number of aromatic nitrogens is 2. The summed E-state index contributed by atoms with van der Waals surface area (Å²) in [5.74, 6) is 1.90. The van der Waals surface area contributed by atoms with Gasteiger partial charge in [-0.2, -0.15) is 0 Å². The van der Waals surface area contributed by atoms with Crippen molar-refractivity contribution < 1.29 is 4.79 Å². The van der Waals surface area contributed by atoms with Gasteiger partial charge in [0.05, 0.1) is 0 Å². The van der Waals surface area contributed by atoms with Crippen molar-refractivity contribution in [2.75, 3.05) is 31.1 Å². The second-order valence-electron chi connectivity index (χ2n) is 10.4. The Morgan fingerprint density at radius 3 is 2.06 bits per heavy atom. The molecule has 1 saturated heterocycles. The van der Waals surface area contributed by atoms with Gasteiger partial charge in [-0.1, -0.05) is 62.7 Å². The van der Waals surface area contributed by atoms with Gasteiger partial charge in [0.25, 0.3) is 5.91 Å². The summed E-state index contributed by atoms with van der Waals surface area (Å²) in [6.07, 6.45) is 0.807. The van der Waals surface area contributed by atoms with E-state index in [1.54, 1.807) is 0 Å². The third kappa shape index (κ3) is 5.30. The predicted octanol–water partition coefficient (Wildman–Crippen LogP) is 5.25. The number of rotatable bonds is 4. The van der Waals surface area contributed by atoms with Crippen molar-refractivity contribution in [1.82, 2.24) is 14.9 Å². The van der Waals surface area contributed by atoms with Crippen LogP contribution in [0, 0.1) is 20.8 Å². The zero-order chi connectivity index (χ0) is 24.5. The van der Waals surface area contributed by atoms with Gasteiger partial charge >= 0.3 is 0 Å². The van der Waals surface area contributed by atoms with Crippen molar-refractivity contribution in [2.24, 2.45) is 0 Å². The number of piperazine rings is 1. The predicted molar refractivity (Wildman–Crippen MR) is 139 cm³/mol. The molecule has 0 saturated carbocycles. The van der Waals surface area contributed by atoms with Crippen molar-refractivity contribution in [3.63, 3.8) is 0 Å². The highest BCUT2D eigenvalue weighted by atomic mass is 16.2. The number of nitrogens with zero attached hydrogens (tertiary/aromatic N) is 4. The van der Waals surface area contributed by atoms with Gasteiger partial charge in [0, 0.05) is 49.4 Å². The molecule has 5 heteroatoms. The van der Waals surface area contributed by atoms with Crippen LogP contribution in [-0.4, -0.2) is 47.0 Å². The summed E-state index contributed by atoms with van der Waals surface area (Å²) in [5, 5.41) is 0. The fourth-order valence-corrected chi connectivity index (χ4v) is 4.51. The quantitative estimate of drug-likeness (QED) is 0.538. The molecule has 1 amide bonds. The third-order valence-corrected chi connectivity index (χ3v) is 6.67. The molecule has 0 spiro atoms. The molecule has 0 atom stereocenters. The van der Waals surface area contributed by atoms with Gasteiger partial charge in [0.2, 0.25) is 0 Å². The van der Waals surface area contributed by atoms with Crippen molar-refractivity contribution in [3.05, 3.63) is 87.9 Å². The van der Waals surface area contributed by atoms with Gasteiger partial charge in [0.15, 0.2) is 0 Å². The number of amides is 1. The molecule has 0 aliphatic carbocycles. The Morgan fingerprint density at radius 2 is 1.47 bits per heavy atom. The van der Waals surface area contributed by atoms with Gasteiger partial charge in [-0.05, 0) is 49.4 Å². The van der Waals surface area contributed by atoms with Crippen LogP contribution < -0.4 is 4.90 Å². The molecule has 2 aromatic carbocycles. The van der Waals surface area contributed by atoms with Crippen LogP contribution in [0.5, 0.6) is 0 Å². The minimum atomic E-state index is 0.0806. The smallest absolute Gasteiger partial charge is 0.253 e.